The van der Waals surface area contributed by atoms with E-state index in [0.717, 1.165) is 48.3 Å². The summed E-state index contributed by atoms with van der Waals surface area (Å²) >= 11 is 0. The lowest BCUT2D eigenvalue weighted by Crippen LogP contribution is -2.36. The van der Waals surface area contributed by atoms with E-state index in [9.17, 15) is 8.42 Å². The Labute approximate surface area is 228 Å². The van der Waals surface area contributed by atoms with Gasteiger partial charge in [-0.15, -0.1) is 0 Å². The number of anilines is 4. The molecule has 0 saturated carbocycles. The molecular weight excluding hydrogens is 512 g/mol. The summed E-state index contributed by atoms with van der Waals surface area (Å²) in [5, 5.41) is 4.03. The van der Waals surface area contributed by atoms with Crippen molar-refractivity contribution in [3.8, 4) is 0 Å². The Morgan fingerprint density at radius 2 is 1.74 bits per heavy atom. The van der Waals surface area contributed by atoms with Gasteiger partial charge in [0.15, 0.2) is 5.82 Å². The van der Waals surface area contributed by atoms with Crippen molar-refractivity contribution in [3.63, 3.8) is 0 Å². The Bertz CT molecular complexity index is 1610. The van der Waals surface area contributed by atoms with Gasteiger partial charge in [0, 0.05) is 66.9 Å². The van der Waals surface area contributed by atoms with E-state index in [-0.39, 0.29) is 11.4 Å². The van der Waals surface area contributed by atoms with Gasteiger partial charge in [-0.25, -0.2) is 17.7 Å². The van der Waals surface area contributed by atoms with Crippen LogP contribution in [0.3, 0.4) is 0 Å². The summed E-state index contributed by atoms with van der Waals surface area (Å²) in [5.74, 6) is 0.736. The number of piperidine rings is 1. The number of hydrogen-bond donors (Lipinski definition) is 1. The Morgan fingerprint density at radius 1 is 1.00 bits per heavy atom. The molecule has 202 valence electrons. The van der Waals surface area contributed by atoms with Crippen LogP contribution in [0.4, 0.5) is 23.1 Å². The van der Waals surface area contributed by atoms with Crippen LogP contribution in [0, 0.1) is 0 Å². The minimum absolute atomic E-state index is 0.169. The van der Waals surface area contributed by atoms with Gasteiger partial charge in [0.2, 0.25) is 5.95 Å². The smallest absolute Gasteiger partial charge is 0.267 e. The van der Waals surface area contributed by atoms with Gasteiger partial charge in [0.25, 0.3) is 10.0 Å². The number of benzene rings is 2. The second kappa shape index (κ2) is 9.77. The molecule has 39 heavy (non-hydrogen) atoms. The fraction of sp³-hybridized carbons (Fsp3) is 0.345. The second-order valence-corrected chi connectivity index (χ2v) is 12.6. The summed E-state index contributed by atoms with van der Waals surface area (Å²) in [6.07, 6.45) is 5.72. The monoisotopic (exact) mass is 544 g/mol. The van der Waals surface area contributed by atoms with E-state index in [0.29, 0.717) is 23.4 Å². The number of rotatable bonds is 6. The Kier molecular flexibility index (Phi) is 6.39. The van der Waals surface area contributed by atoms with Crippen LogP contribution in [0.1, 0.15) is 32.3 Å². The van der Waals surface area contributed by atoms with Crippen molar-refractivity contribution in [1.29, 1.82) is 0 Å². The Morgan fingerprint density at radius 3 is 2.49 bits per heavy atom. The molecule has 0 bridgehead atoms. The highest BCUT2D eigenvalue weighted by Crippen LogP contribution is 2.42. The zero-order valence-electron chi connectivity index (χ0n) is 22.3. The molecule has 2 aromatic carbocycles. The van der Waals surface area contributed by atoms with Gasteiger partial charge < -0.3 is 15.0 Å². The average Bonchev–Trinajstić information content (AvgIpc) is 3.23. The molecule has 1 N–H and O–H groups in total. The number of fused-ring (bicyclic) bond motifs is 2. The normalized spacial score (nSPS) is 17.4. The third kappa shape index (κ3) is 4.68. The maximum Gasteiger partial charge on any atom is 0.267 e. The van der Waals surface area contributed by atoms with E-state index in [2.05, 4.69) is 32.3 Å². The summed E-state index contributed by atoms with van der Waals surface area (Å²) in [6.45, 7) is 6.21. The second-order valence-electron chi connectivity index (χ2n) is 10.8. The first-order chi connectivity index (χ1) is 18.8. The Balaban J connectivity index is 1.28. The number of pyridine rings is 1. The Hall–Kier alpha value is -3.76. The van der Waals surface area contributed by atoms with Gasteiger partial charge in [-0.3, -0.25) is 4.98 Å². The van der Waals surface area contributed by atoms with Gasteiger partial charge >= 0.3 is 0 Å². The first-order valence-electron chi connectivity index (χ1n) is 13.2. The SMILES string of the molecule is COC1CCN(c2ccc(Nc3ncc4c(n3)N(S(=O)(=O)c3cccc5cccnc35)CC4(C)C)cc2)CC1. The largest absolute Gasteiger partial charge is 0.381 e. The molecule has 1 fully saturated rings. The first kappa shape index (κ1) is 25.5. The molecule has 9 nitrogen and oxygen atoms in total. The topological polar surface area (TPSA) is 101 Å². The molecule has 0 radical (unpaired) electrons. The van der Waals surface area contributed by atoms with Crippen molar-refractivity contribution in [2.24, 2.45) is 0 Å². The van der Waals surface area contributed by atoms with Crippen molar-refractivity contribution in [2.45, 2.75) is 43.1 Å². The number of aromatic nitrogens is 3. The van der Waals surface area contributed by atoms with Crippen molar-refractivity contribution in [2.75, 3.05) is 41.3 Å². The highest BCUT2D eigenvalue weighted by Gasteiger charge is 2.43. The zero-order chi connectivity index (χ0) is 27.2. The molecule has 6 rings (SSSR count). The highest BCUT2D eigenvalue weighted by atomic mass is 32.2. The van der Waals surface area contributed by atoms with Crippen LogP contribution in [0.2, 0.25) is 0 Å². The lowest BCUT2D eigenvalue weighted by molar-refractivity contribution is 0.0819. The lowest BCUT2D eigenvalue weighted by atomic mass is 9.89. The molecule has 4 aromatic rings. The minimum Gasteiger partial charge on any atom is -0.381 e. The molecule has 0 spiro atoms. The van der Waals surface area contributed by atoms with Crippen molar-refractivity contribution in [3.05, 3.63) is 72.6 Å². The summed E-state index contributed by atoms with van der Waals surface area (Å²) in [6, 6.07) is 17.0. The molecular formula is C29H32N6O3S. The number of sulfonamides is 1. The zero-order valence-corrected chi connectivity index (χ0v) is 23.1. The van der Waals surface area contributed by atoms with Gasteiger partial charge in [0.05, 0.1) is 11.6 Å². The van der Waals surface area contributed by atoms with E-state index < -0.39 is 15.4 Å². The predicted octanol–water partition coefficient (Wildman–Crippen LogP) is 4.87. The van der Waals surface area contributed by atoms with Crippen molar-refractivity contribution >= 4 is 44.1 Å². The number of nitrogens with one attached hydrogen (secondary N) is 1. The average molecular weight is 545 g/mol. The van der Waals surface area contributed by atoms with Crippen molar-refractivity contribution in [1.82, 2.24) is 15.0 Å². The highest BCUT2D eigenvalue weighted by molar-refractivity contribution is 7.93. The molecule has 0 amide bonds. The molecule has 2 aliphatic rings. The lowest BCUT2D eigenvalue weighted by Gasteiger charge is -2.33. The van der Waals surface area contributed by atoms with E-state index >= 15 is 0 Å². The van der Waals surface area contributed by atoms with Gasteiger partial charge in [-0.1, -0.05) is 32.0 Å². The molecule has 2 aliphatic heterocycles. The fourth-order valence-electron chi connectivity index (χ4n) is 5.46. The van der Waals surface area contributed by atoms with Crippen LogP contribution >= 0.6 is 0 Å². The molecule has 0 aliphatic carbocycles. The third-order valence-corrected chi connectivity index (χ3v) is 9.47. The van der Waals surface area contributed by atoms with Gasteiger partial charge in [-0.05, 0) is 49.2 Å². The molecule has 0 unspecified atom stereocenters. The molecule has 1 saturated heterocycles. The minimum atomic E-state index is -3.93. The molecule has 2 aromatic heterocycles. The van der Waals surface area contributed by atoms with Gasteiger partial charge in [0.1, 0.15) is 4.90 Å². The van der Waals surface area contributed by atoms with E-state index in [4.69, 9.17) is 9.72 Å². The van der Waals surface area contributed by atoms with E-state index in [1.165, 1.54) is 4.31 Å². The number of para-hydroxylation sites is 1. The van der Waals surface area contributed by atoms with Crippen LogP contribution in [-0.4, -0.2) is 56.2 Å². The summed E-state index contributed by atoms with van der Waals surface area (Å²) in [5.41, 5.74) is 2.78. The first-order valence-corrected chi connectivity index (χ1v) is 14.6. The van der Waals surface area contributed by atoms with Crippen molar-refractivity contribution < 1.29 is 13.2 Å². The molecule has 0 atom stereocenters. The van der Waals surface area contributed by atoms with Crippen LogP contribution in [0.15, 0.2) is 71.9 Å². The van der Waals surface area contributed by atoms with Crippen LogP contribution in [0.5, 0.6) is 0 Å². The third-order valence-electron chi connectivity index (χ3n) is 7.70. The standard InChI is InChI=1S/C29H32N6O3S/c1-29(2)19-35(39(36,37)25-8-4-6-20-7-5-15-30-26(20)25)27-24(29)18-31-28(33-27)32-21-9-11-22(12-10-21)34-16-13-23(38-3)14-17-34/h4-12,15,18,23H,13-14,16-17,19H2,1-3H3,(H,31,32,33). The van der Waals surface area contributed by atoms with E-state index in [1.807, 2.05) is 38.1 Å². The van der Waals surface area contributed by atoms with Crippen LogP contribution in [0.25, 0.3) is 10.9 Å². The van der Waals surface area contributed by atoms with Crippen LogP contribution < -0.4 is 14.5 Å². The summed E-state index contributed by atoms with van der Waals surface area (Å²) in [4.78, 5) is 16.1. The fourth-order valence-corrected chi connectivity index (χ4v) is 7.22. The molecule has 10 heteroatoms. The number of nitrogens with zero attached hydrogens (tertiary/aromatic N) is 5. The summed E-state index contributed by atoms with van der Waals surface area (Å²) < 4.78 is 34.9. The maximum atomic E-state index is 14.0. The number of methoxy groups -OCH3 is 1. The van der Waals surface area contributed by atoms with Gasteiger partial charge in [-0.2, -0.15) is 4.98 Å². The predicted molar refractivity (Wildman–Crippen MR) is 153 cm³/mol. The summed E-state index contributed by atoms with van der Waals surface area (Å²) in [7, 11) is -2.15. The maximum absolute atomic E-state index is 14.0. The quantitative estimate of drug-likeness (QED) is 0.367. The number of ether oxygens (including phenoxy) is 1. The van der Waals surface area contributed by atoms with E-state index in [1.54, 1.807) is 37.7 Å². The number of hydrogen-bond acceptors (Lipinski definition) is 8. The molecule has 4 heterocycles. The van der Waals surface area contributed by atoms with Crippen LogP contribution in [-0.2, 0) is 20.2 Å².